The molecule has 0 fully saturated rings. The molecule has 0 atom stereocenters. The van der Waals surface area contributed by atoms with Gasteiger partial charge in [0.2, 0.25) is 0 Å². The van der Waals surface area contributed by atoms with Gasteiger partial charge < -0.3 is 4.74 Å². The third-order valence-corrected chi connectivity index (χ3v) is 7.60. The molecule has 0 bridgehead atoms. The lowest BCUT2D eigenvalue weighted by Gasteiger charge is -2.18. The maximum atomic E-state index is 15.2. The number of nitriles is 1. The van der Waals surface area contributed by atoms with E-state index in [9.17, 15) is 10.1 Å². The number of ether oxygens (including phenoxy) is 1. The molecule has 0 unspecified atom stereocenters. The van der Waals surface area contributed by atoms with E-state index in [1.54, 1.807) is 29.7 Å². The van der Waals surface area contributed by atoms with Gasteiger partial charge in [0.1, 0.15) is 18.5 Å². The molecule has 0 radical (unpaired) electrons. The quantitative estimate of drug-likeness (QED) is 0.213. The average Bonchev–Trinajstić information content (AvgIpc) is 3.32. The minimum absolute atomic E-state index is 0.0487. The van der Waals surface area contributed by atoms with Gasteiger partial charge in [0.05, 0.1) is 22.4 Å². The summed E-state index contributed by atoms with van der Waals surface area (Å²) in [5, 5.41) is 9.47. The van der Waals surface area contributed by atoms with Crippen LogP contribution in [0.15, 0.2) is 89.7 Å². The summed E-state index contributed by atoms with van der Waals surface area (Å²) in [6.07, 6.45) is 0.584. The first-order chi connectivity index (χ1) is 19.0. The van der Waals surface area contributed by atoms with Gasteiger partial charge in [0.25, 0.3) is 5.56 Å². The standard InChI is InChI=1S/C32H26FN3O2S/c1-21-29(28-18-25(19-34)22(2)39-28)32(37)36(17-16-23-10-5-3-6-11-23)31(35-21)26-14-9-15-27(33)30(26)38-20-24-12-7-4-8-13-24/h3-15,18H,16-17,20H2,1-2H3. The fraction of sp³-hybridized carbons (Fsp3) is 0.156. The summed E-state index contributed by atoms with van der Waals surface area (Å²) in [6, 6.07) is 28.0. The number of hydrogen-bond donors (Lipinski definition) is 0. The van der Waals surface area contributed by atoms with Crippen LogP contribution in [-0.2, 0) is 19.6 Å². The first-order valence-corrected chi connectivity index (χ1v) is 13.4. The highest BCUT2D eigenvalue weighted by atomic mass is 32.1. The Labute approximate surface area is 230 Å². The summed E-state index contributed by atoms with van der Waals surface area (Å²) in [6.45, 7) is 4.14. The van der Waals surface area contributed by atoms with Gasteiger partial charge in [-0.3, -0.25) is 9.36 Å². The number of aryl methyl sites for hydroxylation is 3. The molecule has 5 rings (SSSR count). The second kappa shape index (κ2) is 11.5. The Morgan fingerprint density at radius 1 is 0.974 bits per heavy atom. The van der Waals surface area contributed by atoms with Crippen LogP contribution in [0.4, 0.5) is 4.39 Å². The molecule has 0 spiro atoms. The average molecular weight is 536 g/mol. The number of thiophene rings is 1. The second-order valence-electron chi connectivity index (χ2n) is 9.17. The third-order valence-electron chi connectivity index (χ3n) is 6.54. The summed E-state index contributed by atoms with van der Waals surface area (Å²) in [4.78, 5) is 20.5. The molecule has 0 amide bonds. The van der Waals surface area contributed by atoms with Gasteiger partial charge in [0, 0.05) is 16.3 Å². The number of hydrogen-bond acceptors (Lipinski definition) is 5. The topological polar surface area (TPSA) is 67.9 Å². The molecule has 2 aromatic heterocycles. The molecule has 0 aliphatic heterocycles. The Hall–Kier alpha value is -4.54. The predicted octanol–water partition coefficient (Wildman–Crippen LogP) is 7.09. The fourth-order valence-corrected chi connectivity index (χ4v) is 5.58. The largest absolute Gasteiger partial charge is 0.485 e. The Morgan fingerprint density at radius 2 is 1.67 bits per heavy atom. The van der Waals surface area contributed by atoms with E-state index in [0.717, 1.165) is 16.0 Å². The van der Waals surface area contributed by atoms with Crippen LogP contribution in [0.5, 0.6) is 5.75 Å². The van der Waals surface area contributed by atoms with E-state index in [1.807, 2.05) is 67.6 Å². The summed E-state index contributed by atoms with van der Waals surface area (Å²) < 4.78 is 22.8. The predicted molar refractivity (Wildman–Crippen MR) is 152 cm³/mol. The molecule has 5 aromatic rings. The fourth-order valence-electron chi connectivity index (χ4n) is 4.52. The Morgan fingerprint density at radius 3 is 2.33 bits per heavy atom. The lowest BCUT2D eigenvalue weighted by atomic mass is 10.1. The van der Waals surface area contributed by atoms with Crippen LogP contribution in [-0.4, -0.2) is 9.55 Å². The van der Waals surface area contributed by atoms with Gasteiger partial charge in [-0.1, -0.05) is 66.7 Å². The molecule has 5 nitrogen and oxygen atoms in total. The van der Waals surface area contributed by atoms with Crippen molar-refractivity contribution >= 4 is 11.3 Å². The summed E-state index contributed by atoms with van der Waals surface area (Å²) >= 11 is 1.40. The second-order valence-corrected chi connectivity index (χ2v) is 10.4. The van der Waals surface area contributed by atoms with Gasteiger partial charge >= 0.3 is 0 Å². The summed E-state index contributed by atoms with van der Waals surface area (Å²) in [5.74, 6) is -0.136. The first kappa shape index (κ1) is 26.1. The van der Waals surface area contributed by atoms with Crippen LogP contribution in [0.3, 0.4) is 0 Å². The number of halogens is 1. The number of rotatable bonds is 8. The normalized spacial score (nSPS) is 10.8. The first-order valence-electron chi connectivity index (χ1n) is 12.6. The van der Waals surface area contributed by atoms with Crippen LogP contribution in [0.1, 0.15) is 27.3 Å². The van der Waals surface area contributed by atoms with Crippen LogP contribution in [0.2, 0.25) is 0 Å². The van der Waals surface area contributed by atoms with Crippen molar-refractivity contribution in [2.75, 3.05) is 0 Å². The molecule has 39 heavy (non-hydrogen) atoms. The number of nitrogens with zero attached hydrogens (tertiary/aromatic N) is 3. The molecular formula is C32H26FN3O2S. The molecule has 3 aromatic carbocycles. The molecule has 0 saturated carbocycles. The zero-order valence-electron chi connectivity index (χ0n) is 21.6. The highest BCUT2D eigenvalue weighted by Crippen LogP contribution is 2.35. The molecule has 0 aliphatic carbocycles. The number of benzene rings is 3. The minimum Gasteiger partial charge on any atom is -0.485 e. The molecule has 0 aliphatic rings. The third kappa shape index (κ3) is 5.52. The molecular weight excluding hydrogens is 509 g/mol. The molecule has 0 N–H and O–H groups in total. The molecule has 2 heterocycles. The molecule has 0 saturated heterocycles. The lowest BCUT2D eigenvalue weighted by molar-refractivity contribution is 0.291. The maximum Gasteiger partial charge on any atom is 0.262 e. The van der Waals surface area contributed by atoms with Crippen molar-refractivity contribution in [1.82, 2.24) is 9.55 Å². The van der Waals surface area contributed by atoms with Crippen molar-refractivity contribution in [3.05, 3.63) is 128 Å². The molecule has 194 valence electrons. The van der Waals surface area contributed by atoms with Gasteiger partial charge in [-0.05, 0) is 49.6 Å². The highest BCUT2D eigenvalue weighted by Gasteiger charge is 2.23. The van der Waals surface area contributed by atoms with E-state index < -0.39 is 5.82 Å². The van der Waals surface area contributed by atoms with Gasteiger partial charge in [0.15, 0.2) is 11.6 Å². The number of para-hydroxylation sites is 1. The summed E-state index contributed by atoms with van der Waals surface area (Å²) in [5.41, 5.74) is 3.63. The van der Waals surface area contributed by atoms with E-state index in [4.69, 9.17) is 9.72 Å². The van der Waals surface area contributed by atoms with Crippen LogP contribution >= 0.6 is 11.3 Å². The van der Waals surface area contributed by atoms with E-state index in [0.29, 0.717) is 46.1 Å². The molecule has 7 heteroatoms. The van der Waals surface area contributed by atoms with E-state index >= 15 is 4.39 Å². The van der Waals surface area contributed by atoms with Crippen LogP contribution in [0.25, 0.3) is 21.8 Å². The van der Waals surface area contributed by atoms with Crippen molar-refractivity contribution in [3.63, 3.8) is 0 Å². The van der Waals surface area contributed by atoms with E-state index in [-0.39, 0.29) is 17.9 Å². The minimum atomic E-state index is -0.526. The SMILES string of the molecule is Cc1nc(-c2cccc(F)c2OCc2ccccc2)n(CCc2ccccc2)c(=O)c1-c1cc(C#N)c(C)s1. The van der Waals surface area contributed by atoms with Crippen molar-refractivity contribution < 1.29 is 9.13 Å². The highest BCUT2D eigenvalue weighted by molar-refractivity contribution is 7.15. The van der Waals surface area contributed by atoms with Crippen molar-refractivity contribution in [2.45, 2.75) is 33.4 Å². The Balaban J connectivity index is 1.65. The smallest absolute Gasteiger partial charge is 0.262 e. The Bertz CT molecular complexity index is 1720. The van der Waals surface area contributed by atoms with Crippen molar-refractivity contribution in [3.8, 4) is 33.6 Å². The van der Waals surface area contributed by atoms with Crippen molar-refractivity contribution in [1.29, 1.82) is 5.26 Å². The maximum absolute atomic E-state index is 15.2. The van der Waals surface area contributed by atoms with Crippen LogP contribution in [0, 0.1) is 31.0 Å². The Kier molecular flexibility index (Phi) is 7.67. The van der Waals surface area contributed by atoms with Crippen molar-refractivity contribution in [2.24, 2.45) is 0 Å². The van der Waals surface area contributed by atoms with Gasteiger partial charge in [-0.25, -0.2) is 9.37 Å². The number of aromatic nitrogens is 2. The monoisotopic (exact) mass is 535 g/mol. The van der Waals surface area contributed by atoms with Crippen LogP contribution < -0.4 is 10.3 Å². The van der Waals surface area contributed by atoms with E-state index in [2.05, 4.69) is 6.07 Å². The van der Waals surface area contributed by atoms with Gasteiger partial charge in [-0.15, -0.1) is 11.3 Å². The lowest BCUT2D eigenvalue weighted by Crippen LogP contribution is -2.27. The zero-order chi connectivity index (χ0) is 27.4. The van der Waals surface area contributed by atoms with E-state index in [1.165, 1.54) is 17.4 Å². The summed E-state index contributed by atoms with van der Waals surface area (Å²) in [7, 11) is 0. The van der Waals surface area contributed by atoms with Gasteiger partial charge in [-0.2, -0.15) is 5.26 Å². The zero-order valence-corrected chi connectivity index (χ0v) is 22.5.